The Labute approximate surface area is 112 Å². The molecule has 19 heavy (non-hydrogen) atoms. The Morgan fingerprint density at radius 1 is 1.16 bits per heavy atom. The van der Waals surface area contributed by atoms with E-state index in [1.807, 2.05) is 0 Å². The fraction of sp³-hybridized carbons (Fsp3) is 1.00. The zero-order valence-corrected chi connectivity index (χ0v) is 11.4. The van der Waals surface area contributed by atoms with E-state index >= 15 is 0 Å². The van der Waals surface area contributed by atoms with Crippen molar-refractivity contribution in [1.82, 2.24) is 10.2 Å². The van der Waals surface area contributed by atoms with Gasteiger partial charge in [0.25, 0.3) is 0 Å². The van der Waals surface area contributed by atoms with Crippen molar-refractivity contribution in [2.45, 2.75) is 50.9 Å². The first kappa shape index (κ1) is 13.7. The van der Waals surface area contributed by atoms with Crippen LogP contribution in [0.4, 0.5) is 13.2 Å². The van der Waals surface area contributed by atoms with Gasteiger partial charge in [-0.3, -0.25) is 4.90 Å². The first-order valence-corrected chi connectivity index (χ1v) is 7.50. The summed E-state index contributed by atoms with van der Waals surface area (Å²) < 4.78 is 38.7. The van der Waals surface area contributed by atoms with Crippen LogP contribution in [0.1, 0.15) is 32.6 Å². The molecular weight excluding hydrogens is 253 g/mol. The molecule has 3 aliphatic rings. The van der Waals surface area contributed by atoms with E-state index in [1.54, 1.807) is 0 Å². The maximum absolute atomic E-state index is 12.9. The van der Waals surface area contributed by atoms with E-state index in [0.29, 0.717) is 30.7 Å². The Hall–Kier alpha value is -0.290. The third kappa shape index (κ3) is 2.51. The Bertz CT molecular complexity index is 331. The van der Waals surface area contributed by atoms with Crippen molar-refractivity contribution in [1.29, 1.82) is 0 Å². The average molecular weight is 276 g/mol. The molecule has 2 saturated heterocycles. The van der Waals surface area contributed by atoms with Crippen LogP contribution in [0.25, 0.3) is 0 Å². The van der Waals surface area contributed by atoms with Gasteiger partial charge >= 0.3 is 6.18 Å². The van der Waals surface area contributed by atoms with Crippen molar-refractivity contribution < 1.29 is 13.2 Å². The number of nitrogens with zero attached hydrogens (tertiary/aromatic N) is 1. The molecule has 2 nitrogen and oxygen atoms in total. The smallest absolute Gasteiger partial charge is 0.316 e. The monoisotopic (exact) mass is 276 g/mol. The van der Waals surface area contributed by atoms with E-state index in [0.717, 1.165) is 32.5 Å². The summed E-state index contributed by atoms with van der Waals surface area (Å²) in [5, 5.41) is 3.40. The number of halogens is 3. The summed E-state index contributed by atoms with van der Waals surface area (Å²) in [5.41, 5.74) is 0. The highest BCUT2D eigenvalue weighted by Gasteiger charge is 2.48. The van der Waals surface area contributed by atoms with Crippen LogP contribution in [0, 0.1) is 17.8 Å². The number of rotatable bonds is 1. The lowest BCUT2D eigenvalue weighted by molar-refractivity contribution is -0.187. The van der Waals surface area contributed by atoms with E-state index in [-0.39, 0.29) is 6.04 Å². The van der Waals surface area contributed by atoms with Crippen LogP contribution in [-0.4, -0.2) is 42.8 Å². The number of fused-ring (bicyclic) bond motifs is 1. The summed E-state index contributed by atoms with van der Waals surface area (Å²) in [6.07, 6.45) is -1.67. The minimum absolute atomic E-state index is 0.154. The predicted octanol–water partition coefficient (Wildman–Crippen LogP) is 2.65. The molecule has 5 heteroatoms. The summed E-state index contributed by atoms with van der Waals surface area (Å²) in [6.45, 7) is 5.28. The fourth-order valence-electron chi connectivity index (χ4n) is 4.44. The van der Waals surface area contributed by atoms with Gasteiger partial charge in [-0.2, -0.15) is 13.2 Å². The highest BCUT2D eigenvalue weighted by molar-refractivity contribution is 4.99. The molecule has 1 N–H and O–H groups in total. The number of nitrogens with one attached hydrogen (secondary N) is 1. The molecule has 1 saturated carbocycles. The molecule has 110 valence electrons. The van der Waals surface area contributed by atoms with Crippen LogP contribution in [0.5, 0.6) is 0 Å². The molecule has 0 aromatic rings. The fourth-order valence-corrected chi connectivity index (χ4v) is 4.44. The second kappa shape index (κ2) is 4.92. The third-order valence-corrected chi connectivity index (χ3v) is 5.56. The van der Waals surface area contributed by atoms with Crippen molar-refractivity contribution in [3.63, 3.8) is 0 Å². The van der Waals surface area contributed by atoms with Crippen LogP contribution in [0.15, 0.2) is 0 Å². The lowest BCUT2D eigenvalue weighted by Gasteiger charge is -2.39. The average Bonchev–Trinajstić information content (AvgIpc) is 2.92. The van der Waals surface area contributed by atoms with Gasteiger partial charge in [-0.25, -0.2) is 0 Å². The molecule has 0 amide bonds. The maximum atomic E-state index is 12.9. The minimum Gasteiger partial charge on any atom is -0.316 e. The molecule has 0 spiro atoms. The number of hydrogen-bond donors (Lipinski definition) is 1. The topological polar surface area (TPSA) is 15.3 Å². The Morgan fingerprint density at radius 3 is 2.63 bits per heavy atom. The van der Waals surface area contributed by atoms with Crippen molar-refractivity contribution in [3.05, 3.63) is 0 Å². The van der Waals surface area contributed by atoms with Crippen LogP contribution >= 0.6 is 0 Å². The van der Waals surface area contributed by atoms with Crippen LogP contribution in [0.3, 0.4) is 0 Å². The molecule has 5 unspecified atom stereocenters. The van der Waals surface area contributed by atoms with Crippen LogP contribution < -0.4 is 5.32 Å². The molecule has 5 atom stereocenters. The quantitative estimate of drug-likeness (QED) is 0.792. The predicted molar refractivity (Wildman–Crippen MR) is 67.8 cm³/mol. The van der Waals surface area contributed by atoms with E-state index in [1.165, 1.54) is 0 Å². The minimum atomic E-state index is -4.00. The van der Waals surface area contributed by atoms with E-state index < -0.39 is 12.1 Å². The lowest BCUT2D eigenvalue weighted by Crippen LogP contribution is -2.45. The van der Waals surface area contributed by atoms with Crippen molar-refractivity contribution in [2.75, 3.05) is 19.6 Å². The molecular formula is C14H23F3N2. The normalized spacial score (nSPS) is 44.5. The van der Waals surface area contributed by atoms with Crippen molar-refractivity contribution in [2.24, 2.45) is 17.8 Å². The second-order valence-corrected chi connectivity index (χ2v) is 6.58. The summed E-state index contributed by atoms with van der Waals surface area (Å²) in [4.78, 5) is 2.38. The molecule has 0 aromatic heterocycles. The lowest BCUT2D eigenvalue weighted by atomic mass is 9.84. The largest absolute Gasteiger partial charge is 0.391 e. The number of hydrogen-bond acceptors (Lipinski definition) is 2. The summed E-state index contributed by atoms with van der Waals surface area (Å²) >= 11 is 0. The van der Waals surface area contributed by atoms with Gasteiger partial charge in [-0.05, 0) is 51.1 Å². The molecule has 0 aromatic carbocycles. The van der Waals surface area contributed by atoms with Gasteiger partial charge in [0.2, 0.25) is 0 Å². The molecule has 3 rings (SSSR count). The molecule has 3 fully saturated rings. The molecule has 2 aliphatic heterocycles. The van der Waals surface area contributed by atoms with Crippen molar-refractivity contribution >= 4 is 0 Å². The van der Waals surface area contributed by atoms with Crippen molar-refractivity contribution in [3.8, 4) is 0 Å². The molecule has 0 bridgehead atoms. The van der Waals surface area contributed by atoms with E-state index in [9.17, 15) is 13.2 Å². The standard InChI is InChI=1S/C14H23F3N2/c1-9-13-7-18-6-10(13)8-19(9)12-4-2-3-11(5-12)14(15,16)17/h9-13,18H,2-8H2,1H3. The highest BCUT2D eigenvalue weighted by Crippen LogP contribution is 2.42. The zero-order chi connectivity index (χ0) is 13.6. The highest BCUT2D eigenvalue weighted by atomic mass is 19.4. The van der Waals surface area contributed by atoms with Gasteiger partial charge in [-0.15, -0.1) is 0 Å². The van der Waals surface area contributed by atoms with Gasteiger partial charge < -0.3 is 5.32 Å². The van der Waals surface area contributed by atoms with Gasteiger partial charge in [0, 0.05) is 18.6 Å². The second-order valence-electron chi connectivity index (χ2n) is 6.58. The SMILES string of the molecule is CC1C2CNCC2CN1C1CCCC(C(F)(F)F)C1. The Balaban J connectivity index is 1.66. The van der Waals surface area contributed by atoms with Crippen LogP contribution in [-0.2, 0) is 0 Å². The molecule has 0 radical (unpaired) electrons. The number of likely N-dealkylation sites (tertiary alicyclic amines) is 1. The first-order chi connectivity index (χ1) is 8.97. The summed E-state index contributed by atoms with van der Waals surface area (Å²) in [7, 11) is 0. The van der Waals surface area contributed by atoms with Gasteiger partial charge in [0.1, 0.15) is 0 Å². The van der Waals surface area contributed by atoms with Gasteiger partial charge in [0.05, 0.1) is 5.92 Å². The molecule has 2 heterocycles. The van der Waals surface area contributed by atoms with Crippen LogP contribution in [0.2, 0.25) is 0 Å². The van der Waals surface area contributed by atoms with Gasteiger partial charge in [-0.1, -0.05) is 6.42 Å². The third-order valence-electron chi connectivity index (χ3n) is 5.56. The zero-order valence-electron chi connectivity index (χ0n) is 11.4. The maximum Gasteiger partial charge on any atom is 0.391 e. The summed E-state index contributed by atoms with van der Waals surface area (Å²) in [6, 6.07) is 0.595. The number of alkyl halides is 3. The Kier molecular flexibility index (Phi) is 3.54. The molecule has 1 aliphatic carbocycles. The Morgan fingerprint density at radius 2 is 1.95 bits per heavy atom. The van der Waals surface area contributed by atoms with E-state index in [4.69, 9.17) is 0 Å². The van der Waals surface area contributed by atoms with E-state index in [2.05, 4.69) is 17.1 Å². The summed E-state index contributed by atoms with van der Waals surface area (Å²) in [5.74, 6) is 0.226. The van der Waals surface area contributed by atoms with Gasteiger partial charge in [0.15, 0.2) is 0 Å². The first-order valence-electron chi connectivity index (χ1n) is 7.50.